The predicted molar refractivity (Wildman–Crippen MR) is 80.7 cm³/mol. The molecule has 0 bridgehead atoms. The third-order valence-electron chi connectivity index (χ3n) is 4.54. The quantitative estimate of drug-likeness (QED) is 0.751. The number of nitrogens with zero attached hydrogens (tertiary/aromatic N) is 1. The van der Waals surface area contributed by atoms with Gasteiger partial charge < -0.3 is 5.73 Å². The second-order valence-electron chi connectivity index (χ2n) is 6.93. The minimum absolute atomic E-state index is 0.258. The van der Waals surface area contributed by atoms with Crippen molar-refractivity contribution in [2.24, 2.45) is 17.1 Å². The van der Waals surface area contributed by atoms with Crippen molar-refractivity contribution in [1.29, 1.82) is 0 Å². The van der Waals surface area contributed by atoms with Crippen molar-refractivity contribution < 1.29 is 0 Å². The van der Waals surface area contributed by atoms with E-state index in [0.29, 0.717) is 0 Å². The van der Waals surface area contributed by atoms with Crippen molar-refractivity contribution in [1.82, 2.24) is 4.90 Å². The molecule has 2 unspecified atom stereocenters. The van der Waals surface area contributed by atoms with Crippen LogP contribution >= 0.6 is 0 Å². The Labute approximate surface area is 114 Å². The molecule has 0 amide bonds. The molecule has 0 aromatic carbocycles. The van der Waals surface area contributed by atoms with E-state index >= 15 is 0 Å². The summed E-state index contributed by atoms with van der Waals surface area (Å²) in [5.41, 5.74) is 6.17. The van der Waals surface area contributed by atoms with E-state index in [1.807, 2.05) is 0 Å². The van der Waals surface area contributed by atoms with Crippen molar-refractivity contribution in [3.63, 3.8) is 0 Å². The summed E-state index contributed by atoms with van der Waals surface area (Å²) in [6.45, 7) is 12.4. The first-order valence-corrected chi connectivity index (χ1v) is 7.96. The molecule has 2 nitrogen and oxygen atoms in total. The lowest BCUT2D eigenvalue weighted by Crippen LogP contribution is -2.46. The van der Waals surface area contributed by atoms with Crippen molar-refractivity contribution >= 4 is 0 Å². The molecule has 2 N–H and O–H groups in total. The topological polar surface area (TPSA) is 29.3 Å². The van der Waals surface area contributed by atoms with Gasteiger partial charge in [0.05, 0.1) is 0 Å². The Balaban J connectivity index is 2.59. The van der Waals surface area contributed by atoms with Gasteiger partial charge in [0.1, 0.15) is 0 Å². The summed E-state index contributed by atoms with van der Waals surface area (Å²) in [5, 5.41) is 0. The molecule has 1 fully saturated rings. The normalized spacial score (nSPS) is 25.7. The van der Waals surface area contributed by atoms with E-state index in [1.54, 1.807) is 0 Å². The molecule has 0 spiro atoms. The van der Waals surface area contributed by atoms with Crippen LogP contribution in [0.3, 0.4) is 0 Å². The van der Waals surface area contributed by atoms with Gasteiger partial charge in [-0.1, -0.05) is 47.0 Å². The first kappa shape index (κ1) is 16.0. The average Bonchev–Trinajstić information content (AvgIpc) is 2.38. The highest BCUT2D eigenvalue weighted by Gasteiger charge is 2.29. The van der Waals surface area contributed by atoms with E-state index in [2.05, 4.69) is 32.6 Å². The zero-order chi connectivity index (χ0) is 13.6. The smallest absolute Gasteiger partial charge is 0.00981 e. The highest BCUT2D eigenvalue weighted by atomic mass is 15.2. The molecule has 0 heterocycles. The number of hydrogen-bond donors (Lipinski definition) is 1. The summed E-state index contributed by atoms with van der Waals surface area (Å²) in [6, 6.07) is 0.814. The molecule has 0 aliphatic heterocycles. The van der Waals surface area contributed by atoms with Gasteiger partial charge in [0, 0.05) is 12.6 Å². The van der Waals surface area contributed by atoms with Crippen LogP contribution in [0.25, 0.3) is 0 Å². The Hall–Kier alpha value is -0.0800. The first-order valence-electron chi connectivity index (χ1n) is 7.96. The van der Waals surface area contributed by atoms with E-state index in [9.17, 15) is 0 Å². The lowest BCUT2D eigenvalue weighted by atomic mass is 9.82. The van der Waals surface area contributed by atoms with E-state index in [4.69, 9.17) is 5.73 Å². The minimum atomic E-state index is 0.258. The molecule has 0 aromatic heterocycles. The highest BCUT2D eigenvalue weighted by Crippen LogP contribution is 2.31. The summed E-state index contributed by atoms with van der Waals surface area (Å²) in [6.07, 6.45) is 8.30. The van der Waals surface area contributed by atoms with Gasteiger partial charge in [-0.05, 0) is 43.7 Å². The highest BCUT2D eigenvalue weighted by molar-refractivity contribution is 4.84. The van der Waals surface area contributed by atoms with Crippen molar-refractivity contribution in [3.8, 4) is 0 Å². The summed E-state index contributed by atoms with van der Waals surface area (Å²) < 4.78 is 0. The Bertz CT molecular complexity index is 225. The fourth-order valence-corrected chi connectivity index (χ4v) is 3.26. The van der Waals surface area contributed by atoms with Crippen LogP contribution in [0.5, 0.6) is 0 Å². The van der Waals surface area contributed by atoms with E-state index in [-0.39, 0.29) is 5.41 Å². The van der Waals surface area contributed by atoms with E-state index < -0.39 is 0 Å². The molecule has 1 aliphatic rings. The largest absolute Gasteiger partial charge is 0.330 e. The van der Waals surface area contributed by atoms with Gasteiger partial charge >= 0.3 is 0 Å². The zero-order valence-corrected chi connectivity index (χ0v) is 13.0. The SMILES string of the molecule is CCCN(CC(C)(C)CN)C1CCCC(CC)C1. The molecule has 108 valence electrons. The summed E-state index contributed by atoms with van der Waals surface area (Å²) in [7, 11) is 0. The first-order chi connectivity index (χ1) is 8.52. The molecule has 18 heavy (non-hydrogen) atoms. The van der Waals surface area contributed by atoms with Gasteiger partial charge in [-0.3, -0.25) is 4.90 Å². The maximum Gasteiger partial charge on any atom is 0.00981 e. The van der Waals surface area contributed by atoms with Gasteiger partial charge in [0.15, 0.2) is 0 Å². The standard InChI is InChI=1S/C16H34N2/c1-5-10-18(13-16(3,4)12-17)15-9-7-8-14(6-2)11-15/h14-15H,5-13,17H2,1-4H3. The van der Waals surface area contributed by atoms with Gasteiger partial charge in [-0.2, -0.15) is 0 Å². The Morgan fingerprint density at radius 2 is 1.94 bits per heavy atom. The van der Waals surface area contributed by atoms with Gasteiger partial charge in [0.2, 0.25) is 0 Å². The molecule has 1 rings (SSSR count). The Morgan fingerprint density at radius 1 is 1.22 bits per heavy atom. The van der Waals surface area contributed by atoms with E-state index in [0.717, 1.165) is 18.5 Å². The van der Waals surface area contributed by atoms with Crippen molar-refractivity contribution in [2.45, 2.75) is 72.3 Å². The monoisotopic (exact) mass is 254 g/mol. The molecule has 0 saturated heterocycles. The maximum absolute atomic E-state index is 5.91. The Morgan fingerprint density at radius 3 is 2.50 bits per heavy atom. The maximum atomic E-state index is 5.91. The van der Waals surface area contributed by atoms with Crippen molar-refractivity contribution in [2.75, 3.05) is 19.6 Å². The van der Waals surface area contributed by atoms with Crippen LogP contribution in [-0.2, 0) is 0 Å². The van der Waals surface area contributed by atoms with Crippen LogP contribution < -0.4 is 5.73 Å². The zero-order valence-electron chi connectivity index (χ0n) is 13.0. The number of rotatable bonds is 7. The van der Waals surface area contributed by atoms with Crippen LogP contribution in [0.4, 0.5) is 0 Å². The van der Waals surface area contributed by atoms with Gasteiger partial charge in [0.25, 0.3) is 0 Å². The average molecular weight is 254 g/mol. The molecular formula is C16H34N2. The molecule has 1 aliphatic carbocycles. The van der Waals surface area contributed by atoms with Crippen LogP contribution in [0.15, 0.2) is 0 Å². The van der Waals surface area contributed by atoms with E-state index in [1.165, 1.54) is 51.6 Å². The lowest BCUT2D eigenvalue weighted by molar-refractivity contribution is 0.0888. The molecule has 0 aromatic rings. The summed E-state index contributed by atoms with van der Waals surface area (Å²) >= 11 is 0. The minimum Gasteiger partial charge on any atom is -0.330 e. The molecular weight excluding hydrogens is 220 g/mol. The van der Waals surface area contributed by atoms with Crippen LogP contribution in [-0.4, -0.2) is 30.6 Å². The molecule has 1 saturated carbocycles. The molecule has 0 radical (unpaired) electrons. The fraction of sp³-hybridized carbons (Fsp3) is 1.00. The second kappa shape index (κ2) is 7.49. The lowest BCUT2D eigenvalue weighted by Gasteiger charge is -2.41. The van der Waals surface area contributed by atoms with Gasteiger partial charge in [-0.25, -0.2) is 0 Å². The van der Waals surface area contributed by atoms with Gasteiger partial charge in [-0.15, -0.1) is 0 Å². The fourth-order valence-electron chi connectivity index (χ4n) is 3.26. The third-order valence-corrected chi connectivity index (χ3v) is 4.54. The van der Waals surface area contributed by atoms with Crippen LogP contribution in [0.1, 0.15) is 66.2 Å². The number of hydrogen-bond acceptors (Lipinski definition) is 2. The van der Waals surface area contributed by atoms with Crippen LogP contribution in [0, 0.1) is 11.3 Å². The predicted octanol–water partition coefficient (Wildman–Crippen LogP) is 3.65. The summed E-state index contributed by atoms with van der Waals surface area (Å²) in [4.78, 5) is 2.73. The summed E-state index contributed by atoms with van der Waals surface area (Å²) in [5.74, 6) is 0.962. The molecule has 2 heteroatoms. The number of nitrogens with two attached hydrogens (primary N) is 1. The molecule has 2 atom stereocenters. The van der Waals surface area contributed by atoms with Crippen molar-refractivity contribution in [3.05, 3.63) is 0 Å². The van der Waals surface area contributed by atoms with Crippen LogP contribution in [0.2, 0.25) is 0 Å². The Kier molecular flexibility index (Phi) is 6.65. The second-order valence-corrected chi connectivity index (χ2v) is 6.93. The third kappa shape index (κ3) is 4.89.